The molecular weight excluding hydrogens is 284 g/mol. The molecule has 1 unspecified atom stereocenters. The van der Waals surface area contributed by atoms with Gasteiger partial charge in [0.1, 0.15) is 6.07 Å². The number of halogens is 1. The second kappa shape index (κ2) is 4.76. The first-order valence-corrected chi connectivity index (χ1v) is 6.08. The van der Waals surface area contributed by atoms with Gasteiger partial charge in [-0.25, -0.2) is 0 Å². The fourth-order valence-electron chi connectivity index (χ4n) is 2.04. The van der Waals surface area contributed by atoms with Crippen LogP contribution in [0.15, 0.2) is 22.7 Å². The van der Waals surface area contributed by atoms with Crippen molar-refractivity contribution in [3.63, 3.8) is 0 Å². The molecule has 4 nitrogen and oxygen atoms in total. The highest BCUT2D eigenvalue weighted by atomic mass is 79.9. The fraction of sp³-hybridized carbons (Fsp3) is 0.333. The SMILES string of the molecule is N#Cc1ccc(Br)cc1N1CCC(C(=O)O)C1. The van der Waals surface area contributed by atoms with Gasteiger partial charge in [-0.2, -0.15) is 5.26 Å². The number of nitriles is 1. The summed E-state index contributed by atoms with van der Waals surface area (Å²) >= 11 is 3.36. The van der Waals surface area contributed by atoms with Gasteiger partial charge in [-0.3, -0.25) is 4.79 Å². The number of hydrogen-bond acceptors (Lipinski definition) is 3. The molecule has 0 amide bonds. The average Bonchev–Trinajstić information content (AvgIpc) is 2.78. The third-order valence-corrected chi connectivity index (χ3v) is 3.45. The lowest BCUT2D eigenvalue weighted by molar-refractivity contribution is -0.140. The van der Waals surface area contributed by atoms with Crippen molar-refractivity contribution in [1.29, 1.82) is 5.26 Å². The molecule has 1 aromatic carbocycles. The summed E-state index contributed by atoms with van der Waals surface area (Å²) in [5.41, 5.74) is 1.39. The minimum atomic E-state index is -0.763. The summed E-state index contributed by atoms with van der Waals surface area (Å²) in [4.78, 5) is 12.9. The van der Waals surface area contributed by atoms with Crippen LogP contribution in [0.5, 0.6) is 0 Å². The Morgan fingerprint density at radius 3 is 2.94 bits per heavy atom. The molecule has 0 aromatic heterocycles. The number of carboxylic acids is 1. The van der Waals surface area contributed by atoms with Crippen molar-refractivity contribution >= 4 is 27.6 Å². The summed E-state index contributed by atoms with van der Waals surface area (Å²) in [6.45, 7) is 1.16. The van der Waals surface area contributed by atoms with Crippen LogP contribution in [-0.4, -0.2) is 24.2 Å². The van der Waals surface area contributed by atoms with Gasteiger partial charge < -0.3 is 10.0 Å². The summed E-state index contributed by atoms with van der Waals surface area (Å²) in [5.74, 6) is -1.10. The number of anilines is 1. The minimum absolute atomic E-state index is 0.333. The van der Waals surface area contributed by atoms with Crippen molar-refractivity contribution in [3.05, 3.63) is 28.2 Å². The molecular formula is C12H11BrN2O2. The maximum Gasteiger partial charge on any atom is 0.308 e. The normalized spacial score (nSPS) is 19.1. The van der Waals surface area contributed by atoms with Crippen molar-refractivity contribution in [2.24, 2.45) is 5.92 Å². The summed E-state index contributed by atoms with van der Waals surface area (Å²) in [5, 5.41) is 18.0. The number of rotatable bonds is 2. The van der Waals surface area contributed by atoms with Crippen LogP contribution in [-0.2, 0) is 4.79 Å². The molecule has 1 fully saturated rings. The van der Waals surface area contributed by atoms with Crippen LogP contribution < -0.4 is 4.90 Å². The van der Waals surface area contributed by atoms with Crippen LogP contribution in [0.4, 0.5) is 5.69 Å². The third-order valence-electron chi connectivity index (χ3n) is 2.96. The zero-order valence-corrected chi connectivity index (χ0v) is 10.6. The summed E-state index contributed by atoms with van der Waals surface area (Å²) in [6, 6.07) is 7.55. The average molecular weight is 295 g/mol. The van der Waals surface area contributed by atoms with Gasteiger partial charge in [0, 0.05) is 17.6 Å². The topological polar surface area (TPSA) is 64.3 Å². The molecule has 5 heteroatoms. The van der Waals surface area contributed by atoms with Crippen molar-refractivity contribution in [2.45, 2.75) is 6.42 Å². The Balaban J connectivity index is 2.27. The molecule has 1 aromatic rings. The van der Waals surface area contributed by atoms with Gasteiger partial charge in [0.05, 0.1) is 17.2 Å². The van der Waals surface area contributed by atoms with E-state index in [0.29, 0.717) is 25.1 Å². The molecule has 0 bridgehead atoms. The molecule has 2 rings (SSSR count). The fourth-order valence-corrected chi connectivity index (χ4v) is 2.39. The quantitative estimate of drug-likeness (QED) is 0.908. The molecule has 0 saturated carbocycles. The first-order chi connectivity index (χ1) is 8.11. The molecule has 88 valence electrons. The van der Waals surface area contributed by atoms with Crippen molar-refractivity contribution in [3.8, 4) is 6.07 Å². The van der Waals surface area contributed by atoms with Crippen LogP contribution in [0.3, 0.4) is 0 Å². The maximum absolute atomic E-state index is 10.9. The van der Waals surface area contributed by atoms with Crippen LogP contribution in [0.1, 0.15) is 12.0 Å². The summed E-state index contributed by atoms with van der Waals surface area (Å²) < 4.78 is 0.894. The number of aliphatic carboxylic acids is 1. The Kier molecular flexibility index (Phi) is 3.34. The van der Waals surface area contributed by atoms with Gasteiger partial charge >= 0.3 is 5.97 Å². The van der Waals surface area contributed by atoms with E-state index in [9.17, 15) is 4.79 Å². The van der Waals surface area contributed by atoms with Crippen molar-refractivity contribution < 1.29 is 9.90 Å². The van der Waals surface area contributed by atoms with Crippen LogP contribution in [0.25, 0.3) is 0 Å². The molecule has 1 aliphatic heterocycles. The Morgan fingerprint density at radius 2 is 2.35 bits per heavy atom. The second-order valence-electron chi connectivity index (χ2n) is 4.04. The van der Waals surface area contributed by atoms with E-state index >= 15 is 0 Å². The molecule has 1 heterocycles. The predicted octanol–water partition coefficient (Wildman–Crippen LogP) is 2.23. The zero-order valence-electron chi connectivity index (χ0n) is 9.06. The lowest BCUT2D eigenvalue weighted by Crippen LogP contribution is -2.23. The smallest absolute Gasteiger partial charge is 0.308 e. The van der Waals surface area contributed by atoms with Crippen molar-refractivity contribution in [2.75, 3.05) is 18.0 Å². The standard InChI is InChI=1S/C12H11BrN2O2/c13-10-2-1-8(6-14)11(5-10)15-4-3-9(7-15)12(16)17/h1-2,5,9H,3-4,7H2,(H,16,17). The highest BCUT2D eigenvalue weighted by Crippen LogP contribution is 2.29. The Labute approximate surface area is 108 Å². The monoisotopic (exact) mass is 294 g/mol. The Hall–Kier alpha value is -1.54. The number of hydrogen-bond donors (Lipinski definition) is 1. The van der Waals surface area contributed by atoms with E-state index in [-0.39, 0.29) is 5.92 Å². The van der Waals surface area contributed by atoms with Crippen molar-refractivity contribution in [1.82, 2.24) is 0 Å². The predicted molar refractivity (Wildman–Crippen MR) is 66.8 cm³/mol. The first kappa shape index (κ1) is 11.9. The summed E-state index contributed by atoms with van der Waals surface area (Å²) in [6.07, 6.45) is 0.632. The Morgan fingerprint density at radius 1 is 1.59 bits per heavy atom. The van der Waals surface area contributed by atoms with Crippen LogP contribution in [0.2, 0.25) is 0 Å². The number of carboxylic acid groups (broad SMARTS) is 1. The number of benzene rings is 1. The minimum Gasteiger partial charge on any atom is -0.481 e. The zero-order chi connectivity index (χ0) is 12.4. The molecule has 1 atom stereocenters. The van der Waals surface area contributed by atoms with E-state index < -0.39 is 5.97 Å². The summed E-state index contributed by atoms with van der Waals surface area (Å²) in [7, 11) is 0. The molecule has 0 aliphatic carbocycles. The van der Waals surface area contributed by atoms with Crippen LogP contribution in [0, 0.1) is 17.2 Å². The number of carbonyl (C=O) groups is 1. The van der Waals surface area contributed by atoms with E-state index in [1.807, 2.05) is 17.0 Å². The van der Waals surface area contributed by atoms with Gasteiger partial charge in [0.15, 0.2) is 0 Å². The van der Waals surface area contributed by atoms with E-state index in [4.69, 9.17) is 10.4 Å². The number of nitrogens with zero attached hydrogens (tertiary/aromatic N) is 2. The van der Waals surface area contributed by atoms with E-state index in [1.54, 1.807) is 6.07 Å². The van der Waals surface area contributed by atoms with Gasteiger partial charge in [0.25, 0.3) is 0 Å². The molecule has 17 heavy (non-hydrogen) atoms. The van der Waals surface area contributed by atoms with E-state index in [2.05, 4.69) is 22.0 Å². The Bertz CT molecular complexity index is 496. The second-order valence-corrected chi connectivity index (χ2v) is 4.96. The molecule has 1 aliphatic rings. The molecule has 0 radical (unpaired) electrons. The maximum atomic E-state index is 10.9. The first-order valence-electron chi connectivity index (χ1n) is 5.29. The largest absolute Gasteiger partial charge is 0.481 e. The third kappa shape index (κ3) is 2.42. The van der Waals surface area contributed by atoms with Gasteiger partial charge in [-0.05, 0) is 24.6 Å². The van der Waals surface area contributed by atoms with E-state index in [0.717, 1.165) is 10.2 Å². The molecule has 1 N–H and O–H groups in total. The van der Waals surface area contributed by atoms with E-state index in [1.165, 1.54) is 0 Å². The molecule has 1 saturated heterocycles. The lowest BCUT2D eigenvalue weighted by Gasteiger charge is -2.19. The molecule has 0 spiro atoms. The van der Waals surface area contributed by atoms with Crippen LogP contribution >= 0.6 is 15.9 Å². The highest BCUT2D eigenvalue weighted by molar-refractivity contribution is 9.10. The lowest BCUT2D eigenvalue weighted by atomic mass is 10.1. The van der Waals surface area contributed by atoms with Gasteiger partial charge in [-0.15, -0.1) is 0 Å². The van der Waals surface area contributed by atoms with Gasteiger partial charge in [0.2, 0.25) is 0 Å². The highest BCUT2D eigenvalue weighted by Gasteiger charge is 2.29. The van der Waals surface area contributed by atoms with Gasteiger partial charge in [-0.1, -0.05) is 15.9 Å².